The van der Waals surface area contributed by atoms with Crippen LogP contribution in [0.4, 0.5) is 13.2 Å². The van der Waals surface area contributed by atoms with Crippen molar-refractivity contribution in [2.45, 2.75) is 49.9 Å². The summed E-state index contributed by atoms with van der Waals surface area (Å²) in [6, 6.07) is 7.50. The lowest BCUT2D eigenvalue weighted by Gasteiger charge is -2.34. The van der Waals surface area contributed by atoms with E-state index in [2.05, 4.69) is 5.32 Å². The molecule has 1 heterocycles. The molecule has 1 saturated carbocycles. The fourth-order valence-corrected chi connectivity index (χ4v) is 2.91. The maximum Gasteiger partial charge on any atom is 0.248 e. The van der Waals surface area contributed by atoms with E-state index in [0.717, 1.165) is 5.56 Å². The normalized spacial score (nSPS) is 24.5. The van der Waals surface area contributed by atoms with Crippen molar-refractivity contribution < 1.29 is 17.9 Å². The third-order valence-electron chi connectivity index (χ3n) is 4.42. The summed E-state index contributed by atoms with van der Waals surface area (Å²) >= 11 is 0. The molecule has 21 heavy (non-hydrogen) atoms. The van der Waals surface area contributed by atoms with Gasteiger partial charge in [-0.05, 0) is 24.0 Å². The second-order valence-corrected chi connectivity index (χ2v) is 6.17. The zero-order valence-corrected chi connectivity index (χ0v) is 11.9. The molecule has 0 bridgehead atoms. The molecule has 1 aliphatic carbocycles. The van der Waals surface area contributed by atoms with Crippen LogP contribution in [0.15, 0.2) is 24.3 Å². The molecule has 0 unspecified atom stereocenters. The summed E-state index contributed by atoms with van der Waals surface area (Å²) in [6.07, 6.45) is 0.895. The lowest BCUT2D eigenvalue weighted by molar-refractivity contribution is -0.135. The average Bonchev–Trinajstić information content (AvgIpc) is 2.44. The molecule has 1 aromatic rings. The van der Waals surface area contributed by atoms with Crippen LogP contribution in [0.1, 0.15) is 36.8 Å². The van der Waals surface area contributed by atoms with Crippen LogP contribution in [0.2, 0.25) is 0 Å². The molecular weight excluding hydrogens is 279 g/mol. The van der Waals surface area contributed by atoms with Gasteiger partial charge < -0.3 is 10.1 Å². The van der Waals surface area contributed by atoms with Crippen LogP contribution in [-0.2, 0) is 17.0 Å². The van der Waals surface area contributed by atoms with Crippen molar-refractivity contribution in [3.05, 3.63) is 35.4 Å². The number of alkyl halides is 3. The highest BCUT2D eigenvalue weighted by atomic mass is 19.3. The minimum atomic E-state index is -2.50. The van der Waals surface area contributed by atoms with E-state index in [1.54, 1.807) is 6.07 Å². The summed E-state index contributed by atoms with van der Waals surface area (Å²) in [5.41, 5.74) is 0.264. The number of nitrogens with one attached hydrogen (secondary N) is 1. The Kier molecular flexibility index (Phi) is 3.97. The molecule has 2 nitrogen and oxygen atoms in total. The molecule has 0 atom stereocenters. The third kappa shape index (κ3) is 3.40. The van der Waals surface area contributed by atoms with Crippen LogP contribution in [0.25, 0.3) is 0 Å². The van der Waals surface area contributed by atoms with E-state index in [4.69, 9.17) is 4.74 Å². The van der Waals surface area contributed by atoms with Crippen molar-refractivity contribution in [1.82, 2.24) is 5.32 Å². The Labute approximate surface area is 122 Å². The smallest absolute Gasteiger partial charge is 0.248 e. The Hall–Kier alpha value is -1.07. The summed E-state index contributed by atoms with van der Waals surface area (Å²) in [5.74, 6) is -2.50. The van der Waals surface area contributed by atoms with Crippen molar-refractivity contribution in [3.8, 4) is 0 Å². The van der Waals surface area contributed by atoms with Gasteiger partial charge in [0.25, 0.3) is 0 Å². The SMILES string of the molecule is FC1(F)CCC(NCc2cccc(C3(F)COC3)c2)CC1. The number of ether oxygens (including phenoxy) is 1. The molecule has 1 aliphatic heterocycles. The van der Waals surface area contributed by atoms with Gasteiger partial charge in [-0.3, -0.25) is 0 Å². The van der Waals surface area contributed by atoms with Crippen molar-refractivity contribution in [3.63, 3.8) is 0 Å². The van der Waals surface area contributed by atoms with Gasteiger partial charge in [0.2, 0.25) is 5.92 Å². The molecule has 0 amide bonds. The molecule has 1 N–H and O–H groups in total. The molecule has 0 spiro atoms. The number of hydrogen-bond acceptors (Lipinski definition) is 2. The fraction of sp³-hybridized carbons (Fsp3) is 0.625. The molecule has 116 valence electrons. The largest absolute Gasteiger partial charge is 0.374 e. The van der Waals surface area contributed by atoms with E-state index in [1.807, 2.05) is 18.2 Å². The first-order chi connectivity index (χ1) is 9.97. The highest BCUT2D eigenvalue weighted by molar-refractivity contribution is 5.30. The van der Waals surface area contributed by atoms with Gasteiger partial charge in [-0.1, -0.05) is 24.3 Å². The number of rotatable bonds is 4. The quantitative estimate of drug-likeness (QED) is 0.918. The Morgan fingerprint density at radius 2 is 1.86 bits per heavy atom. The van der Waals surface area contributed by atoms with Crippen molar-refractivity contribution in [2.75, 3.05) is 13.2 Å². The van der Waals surface area contributed by atoms with E-state index in [0.29, 0.717) is 24.9 Å². The first kappa shape index (κ1) is 14.9. The zero-order valence-electron chi connectivity index (χ0n) is 11.9. The molecule has 3 rings (SSSR count). The maximum absolute atomic E-state index is 14.3. The lowest BCUT2D eigenvalue weighted by atomic mass is 9.91. The van der Waals surface area contributed by atoms with Crippen LogP contribution in [-0.4, -0.2) is 25.2 Å². The second kappa shape index (κ2) is 5.61. The van der Waals surface area contributed by atoms with Crippen LogP contribution >= 0.6 is 0 Å². The van der Waals surface area contributed by atoms with Crippen molar-refractivity contribution in [1.29, 1.82) is 0 Å². The van der Waals surface area contributed by atoms with E-state index in [1.165, 1.54) is 0 Å². The minimum absolute atomic E-state index is 0.0460. The van der Waals surface area contributed by atoms with E-state index in [9.17, 15) is 13.2 Å². The topological polar surface area (TPSA) is 21.3 Å². The van der Waals surface area contributed by atoms with Gasteiger partial charge >= 0.3 is 0 Å². The van der Waals surface area contributed by atoms with Crippen LogP contribution < -0.4 is 5.32 Å². The van der Waals surface area contributed by atoms with Crippen LogP contribution in [0.5, 0.6) is 0 Å². The van der Waals surface area contributed by atoms with E-state index >= 15 is 0 Å². The second-order valence-electron chi connectivity index (χ2n) is 6.17. The summed E-state index contributed by atoms with van der Waals surface area (Å²) in [7, 11) is 0. The highest BCUT2D eigenvalue weighted by Crippen LogP contribution is 2.35. The Bertz CT molecular complexity index is 492. The summed E-state index contributed by atoms with van der Waals surface area (Å²) in [5, 5.41) is 3.30. The van der Waals surface area contributed by atoms with Gasteiger partial charge in [-0.15, -0.1) is 0 Å². The molecular formula is C16H20F3NO. The highest BCUT2D eigenvalue weighted by Gasteiger charge is 2.40. The zero-order chi connectivity index (χ0) is 14.9. The van der Waals surface area contributed by atoms with Gasteiger partial charge in [-0.2, -0.15) is 0 Å². The molecule has 0 radical (unpaired) electrons. The monoisotopic (exact) mass is 299 g/mol. The maximum atomic E-state index is 14.3. The Morgan fingerprint density at radius 1 is 1.14 bits per heavy atom. The minimum Gasteiger partial charge on any atom is -0.374 e. The average molecular weight is 299 g/mol. The van der Waals surface area contributed by atoms with E-state index in [-0.39, 0.29) is 32.1 Å². The summed E-state index contributed by atoms with van der Waals surface area (Å²) in [6.45, 7) is 0.810. The summed E-state index contributed by atoms with van der Waals surface area (Å²) in [4.78, 5) is 0. The predicted molar refractivity (Wildman–Crippen MR) is 74.1 cm³/mol. The third-order valence-corrected chi connectivity index (χ3v) is 4.42. The number of hydrogen-bond donors (Lipinski definition) is 1. The molecule has 0 aromatic heterocycles. The molecule has 2 aliphatic rings. The van der Waals surface area contributed by atoms with Gasteiger partial charge in [0.15, 0.2) is 5.67 Å². The lowest BCUT2D eigenvalue weighted by Crippen LogP contribution is -2.42. The van der Waals surface area contributed by atoms with Crippen molar-refractivity contribution >= 4 is 0 Å². The van der Waals surface area contributed by atoms with Gasteiger partial charge in [0, 0.05) is 25.4 Å². The molecule has 5 heteroatoms. The standard InChI is InChI=1S/C16H20F3NO/c17-15(10-21-11-15)13-3-1-2-12(8-13)9-20-14-4-6-16(18,19)7-5-14/h1-3,8,14,20H,4-7,9-11H2. The van der Waals surface area contributed by atoms with Crippen LogP contribution in [0.3, 0.4) is 0 Å². The van der Waals surface area contributed by atoms with Gasteiger partial charge in [0.05, 0.1) is 13.2 Å². The van der Waals surface area contributed by atoms with Crippen molar-refractivity contribution in [2.24, 2.45) is 0 Å². The number of benzene rings is 1. The van der Waals surface area contributed by atoms with Gasteiger partial charge in [0.1, 0.15) is 0 Å². The van der Waals surface area contributed by atoms with Gasteiger partial charge in [-0.25, -0.2) is 13.2 Å². The molecule has 2 fully saturated rings. The van der Waals surface area contributed by atoms with E-state index < -0.39 is 11.6 Å². The fourth-order valence-electron chi connectivity index (χ4n) is 2.91. The number of halogens is 3. The van der Waals surface area contributed by atoms with Crippen LogP contribution in [0, 0.1) is 0 Å². The molecule has 1 aromatic carbocycles. The first-order valence-electron chi connectivity index (χ1n) is 7.44. The molecule has 1 saturated heterocycles. The Balaban J connectivity index is 1.55. The first-order valence-corrected chi connectivity index (χ1v) is 7.44. The Morgan fingerprint density at radius 3 is 2.48 bits per heavy atom. The summed E-state index contributed by atoms with van der Waals surface area (Å²) < 4.78 is 45.4. The predicted octanol–water partition coefficient (Wildman–Crippen LogP) is 3.55.